The van der Waals surface area contributed by atoms with E-state index >= 15 is 0 Å². The molecule has 0 spiro atoms. The average molecular weight is 286 g/mol. The summed E-state index contributed by atoms with van der Waals surface area (Å²) < 4.78 is 38.6. The van der Waals surface area contributed by atoms with Gasteiger partial charge in [0.05, 0.1) is 5.69 Å². The number of nitrogens with one attached hydrogen (secondary N) is 1. The summed E-state index contributed by atoms with van der Waals surface area (Å²) in [6.45, 7) is 0.256. The molecule has 19 heavy (non-hydrogen) atoms. The van der Waals surface area contributed by atoms with Crippen molar-refractivity contribution in [2.45, 2.75) is 25.6 Å². The van der Waals surface area contributed by atoms with Gasteiger partial charge in [-0.05, 0) is 24.2 Å². The molecule has 1 N–H and O–H groups in total. The minimum Gasteiger partial charge on any atom is -0.337 e. The van der Waals surface area contributed by atoms with E-state index in [0.29, 0.717) is 4.77 Å². The van der Waals surface area contributed by atoms with Gasteiger partial charge in [-0.1, -0.05) is 30.3 Å². The molecule has 2 nitrogen and oxygen atoms in total. The van der Waals surface area contributed by atoms with Gasteiger partial charge in [0.1, 0.15) is 0 Å². The van der Waals surface area contributed by atoms with E-state index in [1.54, 1.807) is 10.8 Å². The summed E-state index contributed by atoms with van der Waals surface area (Å²) >= 11 is 5.11. The van der Waals surface area contributed by atoms with Crippen LogP contribution >= 0.6 is 12.2 Å². The molecule has 1 aromatic heterocycles. The second-order valence-electron chi connectivity index (χ2n) is 4.22. The Morgan fingerprint density at radius 3 is 2.47 bits per heavy atom. The van der Waals surface area contributed by atoms with Gasteiger partial charge in [-0.25, -0.2) is 0 Å². The second-order valence-corrected chi connectivity index (χ2v) is 4.60. The Balaban J connectivity index is 2.17. The zero-order valence-corrected chi connectivity index (χ0v) is 10.9. The lowest BCUT2D eigenvalue weighted by Gasteiger charge is -2.10. The van der Waals surface area contributed by atoms with Crippen LogP contribution in [0.15, 0.2) is 36.5 Å². The monoisotopic (exact) mass is 286 g/mol. The molecule has 0 aliphatic rings. The van der Waals surface area contributed by atoms with Crippen molar-refractivity contribution in [1.29, 1.82) is 0 Å². The number of imidazole rings is 1. The topological polar surface area (TPSA) is 20.7 Å². The van der Waals surface area contributed by atoms with Crippen LogP contribution in [-0.2, 0) is 6.54 Å². The maximum atomic E-state index is 12.2. The van der Waals surface area contributed by atoms with Crippen LogP contribution in [0.4, 0.5) is 13.2 Å². The number of halogens is 3. The minimum atomic E-state index is -4.12. The molecule has 0 aliphatic heterocycles. The van der Waals surface area contributed by atoms with Crippen LogP contribution < -0.4 is 0 Å². The van der Waals surface area contributed by atoms with Gasteiger partial charge in [0.2, 0.25) is 0 Å². The number of aromatic nitrogens is 2. The van der Waals surface area contributed by atoms with Crippen LogP contribution in [0.3, 0.4) is 0 Å². The Labute approximate surface area is 113 Å². The van der Waals surface area contributed by atoms with E-state index < -0.39 is 12.6 Å². The molecule has 1 heterocycles. The van der Waals surface area contributed by atoms with Crippen LogP contribution in [0.2, 0.25) is 0 Å². The summed E-state index contributed by atoms with van der Waals surface area (Å²) in [4.78, 5) is 2.88. The average Bonchev–Trinajstić information content (AvgIpc) is 2.71. The fourth-order valence-electron chi connectivity index (χ4n) is 1.90. The molecule has 2 rings (SSSR count). The molecule has 6 heteroatoms. The number of rotatable bonds is 4. The fourth-order valence-corrected chi connectivity index (χ4v) is 2.15. The lowest BCUT2D eigenvalue weighted by molar-refractivity contribution is -0.135. The van der Waals surface area contributed by atoms with Gasteiger partial charge in [-0.15, -0.1) is 0 Å². The molecule has 0 bridgehead atoms. The Kier molecular flexibility index (Phi) is 4.09. The number of nitrogens with zero attached hydrogens (tertiary/aromatic N) is 1. The number of alkyl halides is 3. The number of hydrogen-bond acceptors (Lipinski definition) is 1. The van der Waals surface area contributed by atoms with E-state index in [4.69, 9.17) is 12.2 Å². The number of benzene rings is 1. The molecule has 1 aromatic carbocycles. The highest BCUT2D eigenvalue weighted by molar-refractivity contribution is 7.71. The third-order valence-corrected chi connectivity index (χ3v) is 3.12. The van der Waals surface area contributed by atoms with Crippen molar-refractivity contribution in [3.05, 3.63) is 41.3 Å². The molecular weight excluding hydrogens is 273 g/mol. The standard InChI is InChI=1S/C13H13F3N2S/c14-13(15,16)7-4-8-18-11(9-17-12(18)19)10-5-2-1-3-6-10/h1-3,5-6,9H,4,7-8H2,(H,17,19). The molecule has 0 unspecified atom stereocenters. The number of H-pyrrole nitrogens is 1. The lowest BCUT2D eigenvalue weighted by atomic mass is 10.1. The second kappa shape index (κ2) is 5.61. The van der Waals surface area contributed by atoms with Crippen molar-refractivity contribution in [3.63, 3.8) is 0 Å². The van der Waals surface area contributed by atoms with Crippen molar-refractivity contribution in [2.24, 2.45) is 0 Å². The summed E-state index contributed by atoms with van der Waals surface area (Å²) in [5.74, 6) is 0. The van der Waals surface area contributed by atoms with Crippen molar-refractivity contribution >= 4 is 12.2 Å². The smallest absolute Gasteiger partial charge is 0.337 e. The van der Waals surface area contributed by atoms with Gasteiger partial charge in [-0.2, -0.15) is 13.2 Å². The summed E-state index contributed by atoms with van der Waals surface area (Å²) in [6.07, 6.45) is -3.17. The molecule has 2 aromatic rings. The highest BCUT2D eigenvalue weighted by Gasteiger charge is 2.26. The molecule has 0 radical (unpaired) electrons. The largest absolute Gasteiger partial charge is 0.389 e. The number of hydrogen-bond donors (Lipinski definition) is 1. The molecule has 0 saturated heterocycles. The molecule has 0 atom stereocenters. The first-order valence-corrected chi connectivity index (χ1v) is 6.28. The first-order valence-electron chi connectivity index (χ1n) is 5.88. The van der Waals surface area contributed by atoms with Crippen molar-refractivity contribution in [3.8, 4) is 11.3 Å². The maximum Gasteiger partial charge on any atom is 0.389 e. The number of aromatic amines is 1. The third-order valence-electron chi connectivity index (χ3n) is 2.78. The van der Waals surface area contributed by atoms with Crippen LogP contribution in [0.1, 0.15) is 12.8 Å². The van der Waals surface area contributed by atoms with Crippen LogP contribution in [-0.4, -0.2) is 15.7 Å². The van der Waals surface area contributed by atoms with E-state index in [9.17, 15) is 13.2 Å². The summed E-state index contributed by atoms with van der Waals surface area (Å²) in [7, 11) is 0. The Morgan fingerprint density at radius 1 is 1.16 bits per heavy atom. The fraction of sp³-hybridized carbons (Fsp3) is 0.308. The van der Waals surface area contributed by atoms with Gasteiger partial charge in [0.15, 0.2) is 4.77 Å². The zero-order valence-electron chi connectivity index (χ0n) is 10.1. The van der Waals surface area contributed by atoms with E-state index in [1.807, 2.05) is 30.3 Å². The van der Waals surface area contributed by atoms with Crippen LogP contribution in [0.5, 0.6) is 0 Å². The SMILES string of the molecule is FC(F)(F)CCCn1c(-c2ccccc2)c[nH]c1=S. The summed E-state index contributed by atoms with van der Waals surface area (Å²) in [5, 5.41) is 0. The molecule has 0 saturated carbocycles. The Bertz CT molecular complexity index is 584. The first kappa shape index (κ1) is 13.9. The molecular formula is C13H13F3N2S. The first-order chi connectivity index (χ1) is 8.97. The van der Waals surface area contributed by atoms with Gasteiger partial charge in [0.25, 0.3) is 0 Å². The van der Waals surface area contributed by atoms with E-state index in [1.165, 1.54) is 0 Å². The predicted molar refractivity (Wildman–Crippen MR) is 70.3 cm³/mol. The maximum absolute atomic E-state index is 12.2. The molecule has 0 aliphatic carbocycles. The third kappa shape index (κ3) is 3.70. The van der Waals surface area contributed by atoms with Gasteiger partial charge in [-0.3, -0.25) is 0 Å². The Morgan fingerprint density at radius 2 is 1.84 bits per heavy atom. The Hall–Kier alpha value is -1.56. The van der Waals surface area contributed by atoms with Gasteiger partial charge in [0, 0.05) is 19.2 Å². The summed E-state index contributed by atoms with van der Waals surface area (Å²) in [6, 6.07) is 9.45. The van der Waals surface area contributed by atoms with E-state index in [0.717, 1.165) is 11.3 Å². The minimum absolute atomic E-state index is 0.0233. The summed E-state index contributed by atoms with van der Waals surface area (Å²) in [5.41, 5.74) is 1.75. The normalized spacial score (nSPS) is 11.7. The quantitative estimate of drug-likeness (QED) is 0.817. The molecule has 0 fully saturated rings. The van der Waals surface area contributed by atoms with E-state index in [2.05, 4.69) is 4.98 Å². The van der Waals surface area contributed by atoms with Crippen molar-refractivity contribution in [1.82, 2.24) is 9.55 Å². The van der Waals surface area contributed by atoms with Gasteiger partial charge >= 0.3 is 6.18 Å². The van der Waals surface area contributed by atoms with E-state index in [-0.39, 0.29) is 13.0 Å². The van der Waals surface area contributed by atoms with Crippen molar-refractivity contribution in [2.75, 3.05) is 0 Å². The zero-order chi connectivity index (χ0) is 13.9. The highest BCUT2D eigenvalue weighted by Crippen LogP contribution is 2.24. The van der Waals surface area contributed by atoms with Crippen LogP contribution in [0.25, 0.3) is 11.3 Å². The predicted octanol–water partition coefficient (Wildman–Crippen LogP) is 4.56. The van der Waals surface area contributed by atoms with Crippen LogP contribution in [0, 0.1) is 4.77 Å². The molecule has 102 valence electrons. The van der Waals surface area contributed by atoms with Gasteiger partial charge < -0.3 is 9.55 Å². The van der Waals surface area contributed by atoms with Crippen molar-refractivity contribution < 1.29 is 13.2 Å². The lowest BCUT2D eigenvalue weighted by Crippen LogP contribution is -2.09. The molecule has 0 amide bonds. The highest BCUT2D eigenvalue weighted by atomic mass is 32.1.